The maximum atomic E-state index is 13.4. The molecule has 1 atom stereocenters. The average Bonchev–Trinajstić information content (AvgIpc) is 2.76. The maximum absolute atomic E-state index is 13.4. The van der Waals surface area contributed by atoms with Crippen molar-refractivity contribution in [3.8, 4) is 0 Å². The summed E-state index contributed by atoms with van der Waals surface area (Å²) in [5, 5.41) is 3.77. The van der Waals surface area contributed by atoms with E-state index in [4.69, 9.17) is 0 Å². The van der Waals surface area contributed by atoms with Gasteiger partial charge in [-0.05, 0) is 56.0 Å². The van der Waals surface area contributed by atoms with Crippen LogP contribution in [0.2, 0.25) is 0 Å². The van der Waals surface area contributed by atoms with Crippen LogP contribution in [0, 0.1) is 19.8 Å². The summed E-state index contributed by atoms with van der Waals surface area (Å²) < 4.78 is 28.2. The minimum Gasteiger partial charge on any atom is -0.326 e. The fourth-order valence-corrected chi connectivity index (χ4v) is 5.61. The van der Waals surface area contributed by atoms with Crippen LogP contribution in [-0.4, -0.2) is 36.7 Å². The number of fused-ring (bicyclic) bond motifs is 1. The Morgan fingerprint density at radius 1 is 1.10 bits per heavy atom. The molecule has 6 nitrogen and oxygen atoms in total. The molecule has 1 aliphatic heterocycles. The van der Waals surface area contributed by atoms with Gasteiger partial charge in [0.1, 0.15) is 4.90 Å². The number of nitrogens with zero attached hydrogens (tertiary/aromatic N) is 2. The molecule has 0 saturated carbocycles. The third-order valence-electron chi connectivity index (χ3n) is 5.83. The van der Waals surface area contributed by atoms with E-state index in [0.717, 1.165) is 22.2 Å². The quantitative estimate of drug-likeness (QED) is 0.690. The molecule has 30 heavy (non-hydrogen) atoms. The van der Waals surface area contributed by atoms with Crippen molar-refractivity contribution in [2.24, 2.45) is 5.92 Å². The van der Waals surface area contributed by atoms with Crippen molar-refractivity contribution in [2.45, 2.75) is 31.6 Å². The topological polar surface area (TPSA) is 79.4 Å². The van der Waals surface area contributed by atoms with Crippen molar-refractivity contribution in [1.82, 2.24) is 9.29 Å². The highest BCUT2D eigenvalue weighted by atomic mass is 32.2. The van der Waals surface area contributed by atoms with Gasteiger partial charge in [-0.2, -0.15) is 4.31 Å². The fourth-order valence-electron chi connectivity index (χ4n) is 3.92. The molecule has 0 spiro atoms. The van der Waals surface area contributed by atoms with Crippen LogP contribution in [0.4, 0.5) is 5.69 Å². The van der Waals surface area contributed by atoms with Crippen LogP contribution in [0.25, 0.3) is 10.9 Å². The monoisotopic (exact) mass is 423 g/mol. The molecule has 1 amide bonds. The number of amides is 1. The third-order valence-corrected chi connectivity index (χ3v) is 7.73. The van der Waals surface area contributed by atoms with E-state index in [0.29, 0.717) is 24.9 Å². The summed E-state index contributed by atoms with van der Waals surface area (Å²) in [7, 11) is -3.75. The highest BCUT2D eigenvalue weighted by molar-refractivity contribution is 7.89. The molecule has 1 N–H and O–H groups in total. The number of hydrogen-bond acceptors (Lipinski definition) is 4. The van der Waals surface area contributed by atoms with E-state index in [9.17, 15) is 13.2 Å². The van der Waals surface area contributed by atoms with Crippen LogP contribution in [0.15, 0.2) is 59.6 Å². The number of rotatable bonds is 4. The summed E-state index contributed by atoms with van der Waals surface area (Å²) in [6.07, 6.45) is 2.90. The molecule has 3 aromatic rings. The lowest BCUT2D eigenvalue weighted by Gasteiger charge is -2.31. The summed E-state index contributed by atoms with van der Waals surface area (Å²) >= 11 is 0. The van der Waals surface area contributed by atoms with Crippen LogP contribution < -0.4 is 5.32 Å². The molecule has 0 radical (unpaired) electrons. The molecule has 1 aliphatic rings. The summed E-state index contributed by atoms with van der Waals surface area (Å²) in [5.41, 5.74) is 3.36. The normalized spacial score (nSPS) is 17.7. The molecule has 0 aliphatic carbocycles. The van der Waals surface area contributed by atoms with Crippen molar-refractivity contribution < 1.29 is 13.2 Å². The minimum absolute atomic E-state index is 0.139. The molecule has 7 heteroatoms. The number of aromatic nitrogens is 1. The number of anilines is 1. The number of carbonyl (C=O) groups excluding carboxylic acids is 1. The summed E-state index contributed by atoms with van der Waals surface area (Å²) in [4.78, 5) is 17.4. The second-order valence-electron chi connectivity index (χ2n) is 7.77. The summed E-state index contributed by atoms with van der Waals surface area (Å²) in [5.74, 6) is -0.531. The van der Waals surface area contributed by atoms with E-state index in [1.54, 1.807) is 24.4 Å². The van der Waals surface area contributed by atoms with Crippen LogP contribution in [0.5, 0.6) is 0 Å². The Kier molecular flexibility index (Phi) is 5.58. The number of pyridine rings is 1. The van der Waals surface area contributed by atoms with Gasteiger partial charge in [-0.15, -0.1) is 0 Å². The van der Waals surface area contributed by atoms with E-state index in [2.05, 4.69) is 10.3 Å². The van der Waals surface area contributed by atoms with Gasteiger partial charge < -0.3 is 5.32 Å². The Morgan fingerprint density at radius 3 is 2.70 bits per heavy atom. The van der Waals surface area contributed by atoms with E-state index < -0.39 is 15.9 Å². The van der Waals surface area contributed by atoms with Crippen LogP contribution >= 0.6 is 0 Å². The predicted molar refractivity (Wildman–Crippen MR) is 118 cm³/mol. The van der Waals surface area contributed by atoms with E-state index >= 15 is 0 Å². The average molecular weight is 424 g/mol. The number of para-hydroxylation sites is 1. The Morgan fingerprint density at radius 2 is 1.87 bits per heavy atom. The molecule has 0 unspecified atom stereocenters. The molecule has 4 rings (SSSR count). The molecule has 1 aromatic heterocycles. The van der Waals surface area contributed by atoms with Gasteiger partial charge in [0.15, 0.2) is 0 Å². The number of carbonyl (C=O) groups is 1. The zero-order valence-electron chi connectivity index (χ0n) is 17.1. The Labute approximate surface area is 177 Å². The van der Waals surface area contributed by atoms with Crippen LogP contribution in [-0.2, 0) is 14.8 Å². The van der Waals surface area contributed by atoms with Crippen molar-refractivity contribution in [1.29, 1.82) is 0 Å². The van der Waals surface area contributed by atoms with Crippen molar-refractivity contribution in [3.05, 3.63) is 65.9 Å². The number of nitrogens with one attached hydrogen (secondary N) is 1. The van der Waals surface area contributed by atoms with Crippen LogP contribution in [0.1, 0.15) is 24.0 Å². The third kappa shape index (κ3) is 3.82. The first kappa shape index (κ1) is 20.5. The number of aryl methyl sites for hydroxylation is 1. The summed E-state index contributed by atoms with van der Waals surface area (Å²) in [6, 6.07) is 14.6. The van der Waals surface area contributed by atoms with Crippen LogP contribution in [0.3, 0.4) is 0 Å². The Balaban J connectivity index is 1.57. The number of benzene rings is 2. The molecule has 156 valence electrons. The van der Waals surface area contributed by atoms with Gasteiger partial charge in [0, 0.05) is 30.4 Å². The van der Waals surface area contributed by atoms with Gasteiger partial charge in [0.2, 0.25) is 15.9 Å². The lowest BCUT2D eigenvalue weighted by molar-refractivity contribution is -0.120. The first-order valence-corrected chi connectivity index (χ1v) is 11.5. The first-order valence-electron chi connectivity index (χ1n) is 10.1. The first-order chi connectivity index (χ1) is 14.4. The van der Waals surface area contributed by atoms with Gasteiger partial charge in [-0.1, -0.05) is 30.3 Å². The smallest absolute Gasteiger partial charge is 0.245 e. The SMILES string of the molecule is Cc1cccc(NC(=O)[C@@H]2CCCN(S(=O)(=O)c3cccc4cccnc34)C2)c1C. The predicted octanol–water partition coefficient (Wildman–Crippen LogP) is 3.89. The van der Waals surface area contributed by atoms with E-state index in [-0.39, 0.29) is 17.3 Å². The molecule has 2 heterocycles. The standard InChI is InChI=1S/C23H25N3O3S/c1-16-7-3-11-20(17(16)2)25-23(27)19-10-6-14-26(15-19)30(28,29)21-12-4-8-18-9-5-13-24-22(18)21/h3-5,7-9,11-13,19H,6,10,14-15H2,1-2H3,(H,25,27)/t19-/m1/s1. The van der Waals surface area contributed by atoms with Gasteiger partial charge in [0.05, 0.1) is 11.4 Å². The largest absolute Gasteiger partial charge is 0.326 e. The molecule has 1 saturated heterocycles. The Bertz CT molecular complexity index is 1200. The molecule has 2 aromatic carbocycles. The second-order valence-corrected chi connectivity index (χ2v) is 9.68. The minimum atomic E-state index is -3.75. The second kappa shape index (κ2) is 8.16. The van der Waals surface area contributed by atoms with Crippen molar-refractivity contribution in [2.75, 3.05) is 18.4 Å². The number of sulfonamides is 1. The number of piperidine rings is 1. The Hall–Kier alpha value is -2.77. The highest BCUT2D eigenvalue weighted by Crippen LogP contribution is 2.29. The zero-order valence-corrected chi connectivity index (χ0v) is 17.9. The number of hydrogen-bond donors (Lipinski definition) is 1. The zero-order chi connectivity index (χ0) is 21.3. The lowest BCUT2D eigenvalue weighted by Crippen LogP contribution is -2.43. The van der Waals surface area contributed by atoms with Gasteiger partial charge in [-0.3, -0.25) is 9.78 Å². The lowest BCUT2D eigenvalue weighted by atomic mass is 9.98. The molecular formula is C23H25N3O3S. The maximum Gasteiger partial charge on any atom is 0.245 e. The molecule has 1 fully saturated rings. The summed E-state index contributed by atoms with van der Waals surface area (Å²) in [6.45, 7) is 4.54. The highest BCUT2D eigenvalue weighted by Gasteiger charge is 2.34. The van der Waals surface area contributed by atoms with Gasteiger partial charge >= 0.3 is 0 Å². The van der Waals surface area contributed by atoms with Crippen molar-refractivity contribution in [3.63, 3.8) is 0 Å². The fraction of sp³-hybridized carbons (Fsp3) is 0.304. The molecule has 0 bridgehead atoms. The van der Waals surface area contributed by atoms with Crippen molar-refractivity contribution >= 4 is 32.5 Å². The van der Waals surface area contributed by atoms with Gasteiger partial charge in [-0.25, -0.2) is 8.42 Å². The van der Waals surface area contributed by atoms with E-state index in [1.165, 1.54) is 4.31 Å². The molecular weight excluding hydrogens is 398 g/mol. The van der Waals surface area contributed by atoms with E-state index in [1.807, 2.05) is 44.2 Å². The van der Waals surface area contributed by atoms with Gasteiger partial charge in [0.25, 0.3) is 0 Å².